The van der Waals surface area contributed by atoms with E-state index in [4.69, 9.17) is 10.5 Å². The highest BCUT2D eigenvalue weighted by Crippen LogP contribution is 2.23. The number of nitrogens with zero attached hydrogens (tertiary/aromatic N) is 3. The number of nitriles is 2. The molecule has 22 heavy (non-hydrogen) atoms. The molecular weight excluding hydrogens is 270 g/mol. The summed E-state index contributed by atoms with van der Waals surface area (Å²) in [6.45, 7) is 0.793. The minimum Gasteiger partial charge on any atom is -0.343 e. The number of hydrogen-bond donors (Lipinski definition) is 0. The van der Waals surface area contributed by atoms with Gasteiger partial charge in [0.25, 0.3) is 0 Å². The third-order valence-corrected chi connectivity index (χ3v) is 3.58. The maximum atomic E-state index is 8.91. The number of hydrogen-bond acceptors (Lipinski definition) is 2. The topological polar surface area (TPSA) is 52.5 Å². The van der Waals surface area contributed by atoms with E-state index in [0.717, 1.165) is 23.0 Å². The highest BCUT2D eigenvalue weighted by molar-refractivity contribution is 5.90. The maximum absolute atomic E-state index is 8.91. The Morgan fingerprint density at radius 2 is 1.73 bits per heavy atom. The minimum absolute atomic E-state index is 0.114. The normalized spacial score (nSPS) is 9.91. The largest absolute Gasteiger partial charge is 0.343 e. The monoisotopic (exact) mass is 283 g/mol. The predicted octanol–water partition coefficient (Wildman–Crippen LogP) is 4.12. The van der Waals surface area contributed by atoms with Crippen molar-refractivity contribution in [3.63, 3.8) is 0 Å². The van der Waals surface area contributed by atoms with Crippen molar-refractivity contribution >= 4 is 17.0 Å². The Morgan fingerprint density at radius 3 is 2.45 bits per heavy atom. The second-order valence-corrected chi connectivity index (χ2v) is 4.99. The molecule has 0 bridgehead atoms. The Morgan fingerprint density at radius 1 is 0.955 bits per heavy atom. The average molecular weight is 283 g/mol. The molecule has 0 aliphatic rings. The maximum Gasteiger partial charge on any atom is 0.130 e. The smallest absolute Gasteiger partial charge is 0.130 e. The van der Waals surface area contributed by atoms with E-state index in [9.17, 15) is 0 Å². The van der Waals surface area contributed by atoms with E-state index in [0.29, 0.717) is 0 Å². The minimum atomic E-state index is 0.114. The fraction of sp³-hybridized carbons (Fsp3) is 0.0526. The van der Waals surface area contributed by atoms with E-state index in [2.05, 4.69) is 16.7 Å². The first-order chi connectivity index (χ1) is 10.8. The first kappa shape index (κ1) is 13.7. The van der Waals surface area contributed by atoms with Gasteiger partial charge in [0.2, 0.25) is 0 Å². The van der Waals surface area contributed by atoms with Crippen molar-refractivity contribution in [1.29, 1.82) is 10.5 Å². The number of allylic oxidation sites excluding steroid dienone is 1. The molecule has 0 saturated heterocycles. The summed E-state index contributed by atoms with van der Waals surface area (Å²) >= 11 is 0. The highest BCUT2D eigenvalue weighted by atomic mass is 14.9. The van der Waals surface area contributed by atoms with Crippen LogP contribution in [0.3, 0.4) is 0 Å². The van der Waals surface area contributed by atoms with Crippen LogP contribution in [-0.2, 0) is 6.54 Å². The molecule has 0 atom stereocenters. The van der Waals surface area contributed by atoms with Crippen molar-refractivity contribution in [2.45, 2.75) is 6.54 Å². The lowest BCUT2D eigenvalue weighted by atomic mass is 10.1. The number of aromatic nitrogens is 1. The molecule has 0 aliphatic heterocycles. The van der Waals surface area contributed by atoms with Crippen LogP contribution < -0.4 is 0 Å². The van der Waals surface area contributed by atoms with Crippen LogP contribution >= 0.6 is 0 Å². The quantitative estimate of drug-likeness (QED) is 0.679. The fourth-order valence-corrected chi connectivity index (χ4v) is 2.54. The molecule has 3 nitrogen and oxygen atoms in total. The summed E-state index contributed by atoms with van der Waals surface area (Å²) in [6.07, 6.45) is 3.67. The van der Waals surface area contributed by atoms with Crippen molar-refractivity contribution in [1.82, 2.24) is 4.57 Å². The molecule has 0 N–H and O–H groups in total. The Hall–Kier alpha value is -3.30. The zero-order valence-electron chi connectivity index (χ0n) is 11.9. The highest BCUT2D eigenvalue weighted by Gasteiger charge is 2.05. The van der Waals surface area contributed by atoms with Crippen LogP contribution in [0.5, 0.6) is 0 Å². The zero-order chi connectivity index (χ0) is 15.4. The second kappa shape index (κ2) is 5.99. The summed E-state index contributed by atoms with van der Waals surface area (Å²) in [5.41, 5.74) is 3.33. The van der Waals surface area contributed by atoms with Crippen molar-refractivity contribution in [3.8, 4) is 12.1 Å². The van der Waals surface area contributed by atoms with Crippen LogP contribution in [0.25, 0.3) is 17.0 Å². The summed E-state index contributed by atoms with van der Waals surface area (Å²) in [4.78, 5) is 0. The van der Waals surface area contributed by atoms with Crippen LogP contribution in [0.4, 0.5) is 0 Å². The van der Waals surface area contributed by atoms with Crippen LogP contribution in [0.1, 0.15) is 11.1 Å². The molecule has 3 aromatic rings. The first-order valence-corrected chi connectivity index (χ1v) is 6.95. The van der Waals surface area contributed by atoms with E-state index >= 15 is 0 Å². The van der Waals surface area contributed by atoms with Gasteiger partial charge in [0.1, 0.15) is 17.7 Å². The van der Waals surface area contributed by atoms with Crippen LogP contribution in [-0.4, -0.2) is 4.57 Å². The molecule has 3 heteroatoms. The lowest BCUT2D eigenvalue weighted by Gasteiger charge is -2.06. The third kappa shape index (κ3) is 2.61. The molecule has 0 unspecified atom stereocenters. The summed E-state index contributed by atoms with van der Waals surface area (Å²) in [5.74, 6) is 0. The van der Waals surface area contributed by atoms with Crippen LogP contribution in [0.2, 0.25) is 0 Å². The number of rotatable bonds is 3. The molecule has 0 fully saturated rings. The predicted molar refractivity (Wildman–Crippen MR) is 86.7 cm³/mol. The molecule has 1 aromatic heterocycles. The average Bonchev–Trinajstić information content (AvgIpc) is 2.97. The number of fused-ring (bicyclic) bond motifs is 1. The molecule has 0 spiro atoms. The molecule has 0 aliphatic carbocycles. The van der Waals surface area contributed by atoms with Gasteiger partial charge in [-0.2, -0.15) is 10.5 Å². The lowest BCUT2D eigenvalue weighted by molar-refractivity contribution is 0.837. The first-order valence-electron chi connectivity index (χ1n) is 6.95. The van der Waals surface area contributed by atoms with Crippen molar-refractivity contribution in [2.24, 2.45) is 0 Å². The Labute approximate surface area is 129 Å². The van der Waals surface area contributed by atoms with Gasteiger partial charge in [-0.05, 0) is 29.3 Å². The van der Waals surface area contributed by atoms with Gasteiger partial charge in [-0.15, -0.1) is 0 Å². The molecule has 2 aromatic carbocycles. The van der Waals surface area contributed by atoms with Gasteiger partial charge < -0.3 is 4.57 Å². The molecule has 104 valence electrons. The van der Waals surface area contributed by atoms with E-state index in [-0.39, 0.29) is 5.57 Å². The zero-order valence-corrected chi connectivity index (χ0v) is 11.9. The summed E-state index contributed by atoms with van der Waals surface area (Å²) < 4.78 is 2.17. The van der Waals surface area contributed by atoms with Gasteiger partial charge in [-0.1, -0.05) is 42.5 Å². The summed E-state index contributed by atoms with van der Waals surface area (Å²) in [7, 11) is 0. The Balaban J connectivity index is 2.05. The SMILES string of the molecule is N#CC(C#N)=Cc1cccc2c1ccn2Cc1ccccc1. The van der Waals surface area contributed by atoms with Crippen molar-refractivity contribution in [3.05, 3.63) is 77.5 Å². The molecule has 0 radical (unpaired) electrons. The second-order valence-electron chi connectivity index (χ2n) is 4.99. The Bertz CT molecular complexity index is 903. The van der Waals surface area contributed by atoms with E-state index in [1.807, 2.05) is 60.8 Å². The molecule has 0 saturated carbocycles. The van der Waals surface area contributed by atoms with Gasteiger partial charge in [0.15, 0.2) is 0 Å². The van der Waals surface area contributed by atoms with Gasteiger partial charge in [0.05, 0.1) is 0 Å². The third-order valence-electron chi connectivity index (χ3n) is 3.58. The van der Waals surface area contributed by atoms with Crippen LogP contribution in [0, 0.1) is 22.7 Å². The van der Waals surface area contributed by atoms with Crippen molar-refractivity contribution < 1.29 is 0 Å². The van der Waals surface area contributed by atoms with E-state index in [1.54, 1.807) is 6.08 Å². The van der Waals surface area contributed by atoms with Gasteiger partial charge in [0, 0.05) is 23.6 Å². The van der Waals surface area contributed by atoms with Gasteiger partial charge >= 0.3 is 0 Å². The standard InChI is InChI=1S/C19H13N3/c20-12-16(13-21)11-17-7-4-8-19-18(17)9-10-22(19)14-15-5-2-1-3-6-15/h1-11H,14H2. The van der Waals surface area contributed by atoms with Gasteiger partial charge in [-0.25, -0.2) is 0 Å². The summed E-state index contributed by atoms with van der Waals surface area (Å²) in [6, 6.07) is 22.0. The Kier molecular flexibility index (Phi) is 3.72. The van der Waals surface area contributed by atoms with E-state index < -0.39 is 0 Å². The van der Waals surface area contributed by atoms with E-state index in [1.165, 1.54) is 5.56 Å². The fourth-order valence-electron chi connectivity index (χ4n) is 2.54. The van der Waals surface area contributed by atoms with Crippen LogP contribution in [0.15, 0.2) is 66.4 Å². The molecule has 3 rings (SSSR count). The number of benzene rings is 2. The molecule has 1 heterocycles. The van der Waals surface area contributed by atoms with Gasteiger partial charge in [-0.3, -0.25) is 0 Å². The lowest BCUT2D eigenvalue weighted by Crippen LogP contribution is -1.97. The molecule has 0 amide bonds. The summed E-state index contributed by atoms with van der Waals surface area (Å²) in [5, 5.41) is 18.9. The molecular formula is C19H13N3. The van der Waals surface area contributed by atoms with Crippen molar-refractivity contribution in [2.75, 3.05) is 0 Å².